The maximum Gasteiger partial charge on any atom is 0.00281 e. The van der Waals surface area contributed by atoms with Gasteiger partial charge in [0.2, 0.25) is 0 Å². The first-order valence-electron chi connectivity index (χ1n) is 4.86. The molecule has 0 aromatic carbocycles. The number of hydrogen-bond acceptors (Lipinski definition) is 3. The van der Waals surface area contributed by atoms with E-state index in [0.717, 1.165) is 25.6 Å². The zero-order valence-corrected chi connectivity index (χ0v) is 10.0. The molecule has 0 amide bonds. The minimum absolute atomic E-state index is 0. The Balaban J connectivity index is -0.000000240. The van der Waals surface area contributed by atoms with Crippen LogP contribution in [0.4, 0.5) is 0 Å². The van der Waals surface area contributed by atoms with Crippen molar-refractivity contribution in [2.45, 2.75) is 22.3 Å². The average molecular weight is 235 g/mol. The predicted octanol–water partition coefficient (Wildman–Crippen LogP) is 2.20. The van der Waals surface area contributed by atoms with E-state index in [2.05, 4.69) is 57.0 Å². The van der Waals surface area contributed by atoms with Gasteiger partial charge in [0, 0.05) is 19.6 Å². The van der Waals surface area contributed by atoms with Crippen molar-refractivity contribution in [2.24, 2.45) is 5.92 Å². The highest BCUT2D eigenvalue weighted by Crippen LogP contribution is 2.01. The highest BCUT2D eigenvalue weighted by atomic mass is 15.1. The molecule has 0 atom stereocenters. The van der Waals surface area contributed by atoms with Crippen LogP contribution in [0.1, 0.15) is 22.3 Å². The molecule has 0 aromatic heterocycles. The van der Waals surface area contributed by atoms with Gasteiger partial charge in [-0.05, 0) is 48.2 Å². The molecular formula is C13H37N3. The molecule has 0 bridgehead atoms. The lowest BCUT2D eigenvalue weighted by Gasteiger charge is -2.26. The number of nitrogens with zero attached hydrogens (tertiary/aromatic N) is 3. The smallest absolute Gasteiger partial charge is 0.00281 e. The van der Waals surface area contributed by atoms with E-state index in [9.17, 15) is 0 Å². The van der Waals surface area contributed by atoms with Crippen molar-refractivity contribution >= 4 is 0 Å². The lowest BCUT2D eigenvalue weighted by molar-refractivity contribution is 0.213. The fourth-order valence-electron chi connectivity index (χ4n) is 1.72. The quantitative estimate of drug-likeness (QED) is 0.699. The first-order chi connectivity index (χ1) is 5.91. The first-order valence-corrected chi connectivity index (χ1v) is 4.86. The monoisotopic (exact) mass is 235 g/mol. The Morgan fingerprint density at radius 3 is 0.875 bits per heavy atom. The molecule has 104 valence electrons. The topological polar surface area (TPSA) is 9.72 Å². The molecule has 0 aliphatic carbocycles. The second-order valence-electron chi connectivity index (χ2n) is 4.65. The molecule has 0 N–H and O–H groups in total. The molecule has 3 nitrogen and oxygen atoms in total. The van der Waals surface area contributed by atoms with Crippen LogP contribution >= 0.6 is 0 Å². The van der Waals surface area contributed by atoms with E-state index in [1.165, 1.54) is 0 Å². The fraction of sp³-hybridized carbons (Fsp3) is 1.00. The van der Waals surface area contributed by atoms with Crippen molar-refractivity contribution in [2.75, 3.05) is 61.9 Å². The summed E-state index contributed by atoms with van der Waals surface area (Å²) in [6, 6.07) is 0. The summed E-state index contributed by atoms with van der Waals surface area (Å²) in [5.41, 5.74) is 0. The van der Waals surface area contributed by atoms with E-state index < -0.39 is 0 Å². The lowest BCUT2D eigenvalue weighted by Crippen LogP contribution is -2.36. The van der Waals surface area contributed by atoms with Crippen LogP contribution in [-0.2, 0) is 0 Å². The zero-order chi connectivity index (χ0) is 10.4. The molecule has 0 saturated heterocycles. The van der Waals surface area contributed by atoms with Gasteiger partial charge in [-0.25, -0.2) is 0 Å². The second kappa shape index (κ2) is 12.9. The Labute approximate surface area is 105 Å². The van der Waals surface area contributed by atoms with Crippen molar-refractivity contribution in [3.63, 3.8) is 0 Å². The third-order valence-electron chi connectivity index (χ3n) is 1.87. The van der Waals surface area contributed by atoms with Crippen molar-refractivity contribution < 1.29 is 0 Å². The molecule has 0 saturated carbocycles. The van der Waals surface area contributed by atoms with Crippen molar-refractivity contribution in [3.8, 4) is 0 Å². The van der Waals surface area contributed by atoms with E-state index in [-0.39, 0.29) is 22.3 Å². The van der Waals surface area contributed by atoms with Crippen molar-refractivity contribution in [3.05, 3.63) is 0 Å². The number of hydrogen-bond donors (Lipinski definition) is 0. The molecule has 0 radical (unpaired) electrons. The molecule has 0 aromatic rings. The third-order valence-corrected chi connectivity index (χ3v) is 1.87. The van der Waals surface area contributed by atoms with Gasteiger partial charge in [0.25, 0.3) is 0 Å². The average Bonchev–Trinajstić information content (AvgIpc) is 1.80. The van der Waals surface area contributed by atoms with E-state index in [1.54, 1.807) is 0 Å². The highest BCUT2D eigenvalue weighted by Gasteiger charge is 2.11. The van der Waals surface area contributed by atoms with Gasteiger partial charge in [0.15, 0.2) is 0 Å². The van der Waals surface area contributed by atoms with E-state index in [1.807, 2.05) is 0 Å². The summed E-state index contributed by atoms with van der Waals surface area (Å²) in [7, 11) is 12.8. The summed E-state index contributed by atoms with van der Waals surface area (Å²) in [6.45, 7) is 3.49. The summed E-state index contributed by atoms with van der Waals surface area (Å²) < 4.78 is 0. The normalized spacial score (nSPS) is 10.1. The van der Waals surface area contributed by atoms with Crippen LogP contribution in [0, 0.1) is 5.92 Å². The van der Waals surface area contributed by atoms with Gasteiger partial charge in [-0.1, -0.05) is 22.3 Å². The van der Waals surface area contributed by atoms with Crippen LogP contribution in [0.25, 0.3) is 0 Å². The largest absolute Gasteiger partial charge is 0.309 e. The van der Waals surface area contributed by atoms with Gasteiger partial charge in [0.05, 0.1) is 0 Å². The fourth-order valence-corrected chi connectivity index (χ4v) is 1.72. The summed E-state index contributed by atoms with van der Waals surface area (Å²) in [5, 5.41) is 0. The summed E-state index contributed by atoms with van der Waals surface area (Å²) in [4.78, 5) is 6.78. The molecule has 16 heavy (non-hydrogen) atoms. The van der Waals surface area contributed by atoms with Crippen LogP contribution in [-0.4, -0.2) is 76.6 Å². The van der Waals surface area contributed by atoms with E-state index in [0.29, 0.717) is 0 Å². The molecule has 0 rings (SSSR count). The number of rotatable bonds is 6. The first kappa shape index (κ1) is 24.9. The molecule has 0 heterocycles. The maximum absolute atomic E-state index is 2.26. The van der Waals surface area contributed by atoms with Crippen molar-refractivity contribution in [1.82, 2.24) is 14.7 Å². The summed E-state index contributed by atoms with van der Waals surface area (Å²) >= 11 is 0. The molecular weight excluding hydrogens is 198 g/mol. The van der Waals surface area contributed by atoms with E-state index in [4.69, 9.17) is 0 Å². The van der Waals surface area contributed by atoms with Crippen LogP contribution in [0.3, 0.4) is 0 Å². The standard InChI is InChI=1S/C10H25N3.3CH4/c1-11(2)7-10(8-12(3)4)9-13(5)6;;;/h10H,7-9H2,1-6H3;3*1H4. The van der Waals surface area contributed by atoms with Gasteiger partial charge < -0.3 is 14.7 Å². The summed E-state index contributed by atoms with van der Waals surface area (Å²) in [5.74, 6) is 0.736. The Hall–Kier alpha value is -0.120. The Bertz CT molecular complexity index is 98.6. The molecule has 0 unspecified atom stereocenters. The second-order valence-corrected chi connectivity index (χ2v) is 4.65. The third kappa shape index (κ3) is 16.3. The Morgan fingerprint density at radius 1 is 0.562 bits per heavy atom. The van der Waals surface area contributed by atoms with Crippen LogP contribution in [0.15, 0.2) is 0 Å². The minimum Gasteiger partial charge on any atom is -0.309 e. The van der Waals surface area contributed by atoms with Gasteiger partial charge in [-0.3, -0.25) is 0 Å². The molecule has 0 aliphatic heterocycles. The van der Waals surface area contributed by atoms with Gasteiger partial charge >= 0.3 is 0 Å². The Kier molecular flexibility index (Phi) is 20.2. The van der Waals surface area contributed by atoms with Crippen LogP contribution < -0.4 is 0 Å². The van der Waals surface area contributed by atoms with Crippen LogP contribution in [0.5, 0.6) is 0 Å². The molecule has 0 aliphatic rings. The minimum atomic E-state index is 0. The van der Waals surface area contributed by atoms with Crippen LogP contribution in [0.2, 0.25) is 0 Å². The highest BCUT2D eigenvalue weighted by molar-refractivity contribution is 4.67. The molecule has 3 heteroatoms. The van der Waals surface area contributed by atoms with Crippen molar-refractivity contribution in [1.29, 1.82) is 0 Å². The van der Waals surface area contributed by atoms with Gasteiger partial charge in [-0.15, -0.1) is 0 Å². The summed E-state index contributed by atoms with van der Waals surface area (Å²) in [6.07, 6.45) is 0. The predicted molar refractivity (Wildman–Crippen MR) is 79.3 cm³/mol. The zero-order valence-electron chi connectivity index (χ0n) is 10.0. The van der Waals surface area contributed by atoms with E-state index >= 15 is 0 Å². The Morgan fingerprint density at radius 2 is 0.750 bits per heavy atom. The van der Waals surface area contributed by atoms with Gasteiger partial charge in [0.1, 0.15) is 0 Å². The van der Waals surface area contributed by atoms with Gasteiger partial charge in [-0.2, -0.15) is 0 Å². The molecule has 0 fully saturated rings. The lowest BCUT2D eigenvalue weighted by atomic mass is 10.1. The maximum atomic E-state index is 2.26. The molecule has 0 spiro atoms. The SMILES string of the molecule is C.C.C.CN(C)CC(CN(C)C)CN(C)C.